The summed E-state index contributed by atoms with van der Waals surface area (Å²) in [4.78, 5) is 0.459. The molecule has 2 bridgehead atoms. The zero-order valence-electron chi connectivity index (χ0n) is 13.5. The Morgan fingerprint density at radius 1 is 0.875 bits per heavy atom. The maximum absolute atomic E-state index is 13.5. The van der Waals surface area contributed by atoms with Gasteiger partial charge in [-0.05, 0) is 48.6 Å². The lowest BCUT2D eigenvalue weighted by molar-refractivity contribution is 0.338. The second-order valence-electron chi connectivity index (χ2n) is 7.50. The molecule has 4 unspecified atom stereocenters. The molecule has 4 atom stereocenters. The Kier molecular flexibility index (Phi) is 3.16. The number of hydrogen-bond acceptors (Lipinski definition) is 2. The molecule has 0 radical (unpaired) electrons. The summed E-state index contributed by atoms with van der Waals surface area (Å²) in [6.07, 6.45) is 3.53. The molecule has 2 aromatic rings. The van der Waals surface area contributed by atoms with E-state index < -0.39 is 10.0 Å². The highest BCUT2D eigenvalue weighted by Crippen LogP contribution is 2.56. The Hall–Kier alpha value is -1.65. The van der Waals surface area contributed by atoms with Crippen molar-refractivity contribution in [3.63, 3.8) is 0 Å². The SMILES string of the molecule is O=S(=O)(c1ccccc1-c1ccccc1)N1CC2CC3CC2C1C3. The van der Waals surface area contributed by atoms with E-state index in [1.165, 1.54) is 12.8 Å². The van der Waals surface area contributed by atoms with Crippen LogP contribution in [0.4, 0.5) is 0 Å². The molecule has 5 rings (SSSR count). The van der Waals surface area contributed by atoms with E-state index in [4.69, 9.17) is 0 Å². The molecule has 4 heteroatoms. The van der Waals surface area contributed by atoms with Crippen LogP contribution in [0.5, 0.6) is 0 Å². The standard InChI is InChI=1S/C20H21NO2S/c22-24(23,21-13-16-10-14-11-18(16)19(21)12-14)20-9-5-4-8-17(20)15-6-2-1-3-7-15/h1-9,14,16,18-19H,10-13H2. The first kappa shape index (κ1) is 14.7. The Morgan fingerprint density at radius 2 is 1.62 bits per heavy atom. The average molecular weight is 339 g/mol. The lowest BCUT2D eigenvalue weighted by atomic mass is 9.90. The van der Waals surface area contributed by atoms with Crippen LogP contribution >= 0.6 is 0 Å². The molecule has 1 heterocycles. The van der Waals surface area contributed by atoms with E-state index in [1.807, 2.05) is 52.8 Å². The van der Waals surface area contributed by atoms with Gasteiger partial charge in [0.2, 0.25) is 10.0 Å². The second kappa shape index (κ2) is 5.17. The highest BCUT2D eigenvalue weighted by atomic mass is 32.2. The lowest BCUT2D eigenvalue weighted by Crippen LogP contribution is -2.36. The van der Waals surface area contributed by atoms with E-state index in [2.05, 4.69) is 0 Å². The van der Waals surface area contributed by atoms with Gasteiger partial charge in [0.1, 0.15) is 0 Å². The van der Waals surface area contributed by atoms with Crippen LogP contribution in [-0.4, -0.2) is 25.3 Å². The first-order chi connectivity index (χ1) is 11.6. The summed E-state index contributed by atoms with van der Waals surface area (Å²) in [7, 11) is -3.44. The van der Waals surface area contributed by atoms with Crippen molar-refractivity contribution in [2.75, 3.05) is 6.54 Å². The van der Waals surface area contributed by atoms with E-state index in [0.29, 0.717) is 16.7 Å². The van der Waals surface area contributed by atoms with Crippen LogP contribution in [0.15, 0.2) is 59.5 Å². The first-order valence-electron chi connectivity index (χ1n) is 8.81. The minimum atomic E-state index is -3.44. The highest BCUT2D eigenvalue weighted by Gasteiger charge is 2.56. The fourth-order valence-corrected chi connectivity index (χ4v) is 7.27. The van der Waals surface area contributed by atoms with Gasteiger partial charge in [0.05, 0.1) is 4.90 Å². The molecule has 0 amide bonds. The van der Waals surface area contributed by atoms with E-state index in [0.717, 1.165) is 30.0 Å². The molecule has 3 fully saturated rings. The van der Waals surface area contributed by atoms with Crippen molar-refractivity contribution in [3.05, 3.63) is 54.6 Å². The molecule has 3 nitrogen and oxygen atoms in total. The molecule has 0 N–H and O–H groups in total. The number of rotatable bonds is 3. The number of sulfonamides is 1. The van der Waals surface area contributed by atoms with Crippen LogP contribution in [0.3, 0.4) is 0 Å². The monoisotopic (exact) mass is 339 g/mol. The van der Waals surface area contributed by atoms with Gasteiger partial charge in [-0.3, -0.25) is 0 Å². The molecule has 3 aliphatic rings. The van der Waals surface area contributed by atoms with E-state index >= 15 is 0 Å². The largest absolute Gasteiger partial charge is 0.243 e. The molecule has 2 aliphatic carbocycles. The van der Waals surface area contributed by atoms with Gasteiger partial charge in [-0.25, -0.2) is 8.42 Å². The van der Waals surface area contributed by atoms with Crippen molar-refractivity contribution in [3.8, 4) is 11.1 Å². The zero-order chi connectivity index (χ0) is 16.3. The molecule has 0 spiro atoms. The maximum atomic E-state index is 13.5. The summed E-state index contributed by atoms with van der Waals surface area (Å²) in [6.45, 7) is 0.720. The molecule has 1 saturated heterocycles. The fraction of sp³-hybridized carbons (Fsp3) is 0.400. The van der Waals surface area contributed by atoms with Crippen molar-refractivity contribution >= 4 is 10.0 Å². The van der Waals surface area contributed by atoms with Crippen LogP contribution in [0.25, 0.3) is 11.1 Å². The molecule has 24 heavy (non-hydrogen) atoms. The minimum Gasteiger partial charge on any atom is -0.207 e. The molecule has 124 valence electrons. The summed E-state index contributed by atoms with van der Waals surface area (Å²) >= 11 is 0. The molecule has 1 aliphatic heterocycles. The Labute approximate surface area is 143 Å². The van der Waals surface area contributed by atoms with Gasteiger partial charge in [0.15, 0.2) is 0 Å². The summed E-state index contributed by atoms with van der Waals surface area (Å²) in [5, 5.41) is 0. The third-order valence-electron chi connectivity index (χ3n) is 6.26. The average Bonchev–Trinajstić information content (AvgIpc) is 3.23. The lowest BCUT2D eigenvalue weighted by Gasteiger charge is -2.25. The zero-order valence-corrected chi connectivity index (χ0v) is 14.3. The summed E-state index contributed by atoms with van der Waals surface area (Å²) < 4.78 is 28.8. The number of hydrogen-bond donors (Lipinski definition) is 0. The van der Waals surface area contributed by atoms with Crippen LogP contribution in [0.2, 0.25) is 0 Å². The first-order valence-corrected chi connectivity index (χ1v) is 10.2. The van der Waals surface area contributed by atoms with Crippen molar-refractivity contribution in [1.82, 2.24) is 4.31 Å². The number of benzene rings is 2. The van der Waals surface area contributed by atoms with Gasteiger partial charge in [-0.15, -0.1) is 0 Å². The summed E-state index contributed by atoms with van der Waals surface area (Å²) in [5.74, 6) is 1.95. The van der Waals surface area contributed by atoms with Crippen molar-refractivity contribution in [1.29, 1.82) is 0 Å². The van der Waals surface area contributed by atoms with E-state index in [9.17, 15) is 8.42 Å². The van der Waals surface area contributed by atoms with E-state index in [1.54, 1.807) is 6.07 Å². The van der Waals surface area contributed by atoms with E-state index in [-0.39, 0.29) is 6.04 Å². The number of fused-ring (bicyclic) bond motifs is 1. The van der Waals surface area contributed by atoms with Gasteiger partial charge in [0.25, 0.3) is 0 Å². The van der Waals surface area contributed by atoms with Crippen LogP contribution in [0.1, 0.15) is 19.3 Å². The summed E-state index contributed by atoms with van der Waals surface area (Å²) in [6, 6.07) is 17.5. The van der Waals surface area contributed by atoms with Crippen molar-refractivity contribution < 1.29 is 8.42 Å². The third kappa shape index (κ3) is 2.02. The van der Waals surface area contributed by atoms with Crippen molar-refractivity contribution in [2.45, 2.75) is 30.2 Å². The van der Waals surface area contributed by atoms with Gasteiger partial charge >= 0.3 is 0 Å². The van der Waals surface area contributed by atoms with Gasteiger partial charge in [-0.1, -0.05) is 48.5 Å². The van der Waals surface area contributed by atoms with Crippen LogP contribution in [0, 0.1) is 17.8 Å². The van der Waals surface area contributed by atoms with Crippen molar-refractivity contribution in [2.24, 2.45) is 17.8 Å². The normalized spacial score (nSPS) is 31.7. The highest BCUT2D eigenvalue weighted by molar-refractivity contribution is 7.89. The molecule has 2 aromatic carbocycles. The van der Waals surface area contributed by atoms with Gasteiger partial charge < -0.3 is 0 Å². The molecule has 0 aromatic heterocycles. The van der Waals surface area contributed by atoms with Crippen LogP contribution in [-0.2, 0) is 10.0 Å². The molecule has 2 saturated carbocycles. The molecular weight excluding hydrogens is 318 g/mol. The quantitative estimate of drug-likeness (QED) is 0.853. The Morgan fingerprint density at radius 3 is 2.38 bits per heavy atom. The topological polar surface area (TPSA) is 37.4 Å². The Balaban J connectivity index is 1.59. The van der Waals surface area contributed by atoms with Crippen LogP contribution < -0.4 is 0 Å². The minimum absolute atomic E-state index is 0.238. The fourth-order valence-electron chi connectivity index (χ4n) is 5.31. The number of nitrogens with zero attached hydrogens (tertiary/aromatic N) is 1. The predicted octanol–water partition coefficient (Wildman–Crippen LogP) is 3.77. The predicted molar refractivity (Wildman–Crippen MR) is 93.9 cm³/mol. The molecular formula is C20H21NO2S. The van der Waals surface area contributed by atoms with Gasteiger partial charge in [-0.2, -0.15) is 4.31 Å². The van der Waals surface area contributed by atoms with Gasteiger partial charge in [0, 0.05) is 18.2 Å². The Bertz CT molecular complexity index is 876. The smallest absolute Gasteiger partial charge is 0.207 e. The summed E-state index contributed by atoms with van der Waals surface area (Å²) in [5.41, 5.74) is 1.77. The maximum Gasteiger partial charge on any atom is 0.243 e. The second-order valence-corrected chi connectivity index (χ2v) is 9.36. The third-order valence-corrected chi connectivity index (χ3v) is 8.21.